The number of hydrogen-bond donors (Lipinski definition) is 1. The van der Waals surface area contributed by atoms with Crippen molar-refractivity contribution in [1.82, 2.24) is 5.32 Å². The summed E-state index contributed by atoms with van der Waals surface area (Å²) >= 11 is 0. The standard InChI is InChI=1S/C12H14N2O2/c1-8-5-9(2)7-10(6-8)14-4-3-13-11(15)12(14)16/h5-7H,3-4H2,1-2H3,(H,13,15). The number of nitrogens with one attached hydrogen (secondary N) is 1. The summed E-state index contributed by atoms with van der Waals surface area (Å²) in [5.41, 5.74) is 2.99. The Hall–Kier alpha value is -1.84. The lowest BCUT2D eigenvalue weighted by Gasteiger charge is -2.27. The molecule has 1 saturated heterocycles. The van der Waals surface area contributed by atoms with Gasteiger partial charge in [-0.3, -0.25) is 9.59 Å². The van der Waals surface area contributed by atoms with Gasteiger partial charge in [-0.15, -0.1) is 0 Å². The van der Waals surface area contributed by atoms with Crippen molar-refractivity contribution < 1.29 is 9.59 Å². The Kier molecular flexibility index (Phi) is 2.64. The minimum atomic E-state index is -0.523. The average Bonchev–Trinajstić information content (AvgIpc) is 2.20. The number of carbonyl (C=O) groups is 2. The molecule has 1 fully saturated rings. The molecular weight excluding hydrogens is 204 g/mol. The van der Waals surface area contributed by atoms with Crippen LogP contribution in [0, 0.1) is 13.8 Å². The lowest BCUT2D eigenvalue weighted by atomic mass is 10.1. The van der Waals surface area contributed by atoms with E-state index in [-0.39, 0.29) is 0 Å². The molecule has 0 atom stereocenters. The molecule has 84 valence electrons. The molecule has 0 spiro atoms. The highest BCUT2D eigenvalue weighted by Crippen LogP contribution is 2.19. The third-order valence-corrected chi connectivity index (χ3v) is 2.58. The zero-order valence-electron chi connectivity index (χ0n) is 9.41. The summed E-state index contributed by atoms with van der Waals surface area (Å²) in [5.74, 6) is -0.998. The van der Waals surface area contributed by atoms with Crippen LogP contribution in [0.25, 0.3) is 0 Å². The van der Waals surface area contributed by atoms with Crippen LogP contribution in [0.5, 0.6) is 0 Å². The highest BCUT2D eigenvalue weighted by Gasteiger charge is 2.27. The number of hydrogen-bond acceptors (Lipinski definition) is 2. The summed E-state index contributed by atoms with van der Waals surface area (Å²) in [6.45, 7) is 5.00. The third kappa shape index (κ3) is 1.91. The van der Waals surface area contributed by atoms with Crippen LogP contribution in [-0.2, 0) is 9.59 Å². The van der Waals surface area contributed by atoms with Crippen LogP contribution in [-0.4, -0.2) is 24.9 Å². The Morgan fingerprint density at radius 1 is 1.12 bits per heavy atom. The van der Waals surface area contributed by atoms with Gasteiger partial charge in [0.1, 0.15) is 0 Å². The maximum Gasteiger partial charge on any atom is 0.316 e. The second-order valence-corrected chi connectivity index (χ2v) is 4.06. The van der Waals surface area contributed by atoms with E-state index in [4.69, 9.17) is 0 Å². The second-order valence-electron chi connectivity index (χ2n) is 4.06. The van der Waals surface area contributed by atoms with E-state index in [0.29, 0.717) is 13.1 Å². The Bertz CT molecular complexity index is 434. The molecule has 1 aromatic carbocycles. The maximum absolute atomic E-state index is 11.7. The highest BCUT2D eigenvalue weighted by molar-refractivity contribution is 6.41. The molecule has 0 saturated carbocycles. The number of nitrogens with zero attached hydrogens (tertiary/aromatic N) is 1. The molecule has 1 aromatic rings. The Morgan fingerprint density at radius 3 is 2.38 bits per heavy atom. The molecule has 0 aromatic heterocycles. The predicted molar refractivity (Wildman–Crippen MR) is 61.3 cm³/mol. The minimum absolute atomic E-state index is 0.476. The Labute approximate surface area is 94.2 Å². The number of aryl methyl sites for hydroxylation is 2. The number of carbonyl (C=O) groups excluding carboxylic acids is 2. The van der Waals surface area contributed by atoms with Gasteiger partial charge in [-0.1, -0.05) is 6.07 Å². The van der Waals surface area contributed by atoms with Gasteiger partial charge in [0.15, 0.2) is 0 Å². The fourth-order valence-electron chi connectivity index (χ4n) is 1.93. The molecule has 0 aliphatic carbocycles. The SMILES string of the molecule is Cc1cc(C)cc(N2CCNC(=O)C2=O)c1. The molecule has 4 heteroatoms. The molecule has 0 radical (unpaired) electrons. The average molecular weight is 218 g/mol. The van der Waals surface area contributed by atoms with Gasteiger partial charge in [0.05, 0.1) is 0 Å². The molecule has 1 heterocycles. The fraction of sp³-hybridized carbons (Fsp3) is 0.333. The van der Waals surface area contributed by atoms with Gasteiger partial charge in [0, 0.05) is 18.8 Å². The van der Waals surface area contributed by atoms with Crippen LogP contribution in [0.2, 0.25) is 0 Å². The van der Waals surface area contributed by atoms with E-state index in [1.807, 2.05) is 32.0 Å². The van der Waals surface area contributed by atoms with Crippen LogP contribution in [0.15, 0.2) is 18.2 Å². The van der Waals surface area contributed by atoms with Crippen molar-refractivity contribution >= 4 is 17.5 Å². The molecule has 1 N–H and O–H groups in total. The summed E-state index contributed by atoms with van der Waals surface area (Å²) in [4.78, 5) is 24.4. The lowest BCUT2D eigenvalue weighted by Crippen LogP contribution is -2.52. The van der Waals surface area contributed by atoms with Gasteiger partial charge in [-0.05, 0) is 37.1 Å². The van der Waals surface area contributed by atoms with Gasteiger partial charge < -0.3 is 10.2 Å². The van der Waals surface area contributed by atoms with Crippen molar-refractivity contribution in [3.63, 3.8) is 0 Å². The minimum Gasteiger partial charge on any atom is -0.346 e. The normalized spacial score (nSPS) is 16.2. The highest BCUT2D eigenvalue weighted by atomic mass is 16.2. The molecule has 0 unspecified atom stereocenters. The summed E-state index contributed by atoms with van der Waals surface area (Å²) in [6.07, 6.45) is 0. The first-order chi connectivity index (χ1) is 7.58. The monoisotopic (exact) mass is 218 g/mol. The number of piperazine rings is 1. The number of benzene rings is 1. The van der Waals surface area contributed by atoms with Gasteiger partial charge in [0.25, 0.3) is 0 Å². The number of amides is 2. The second kappa shape index (κ2) is 3.96. The molecule has 0 bridgehead atoms. The van der Waals surface area contributed by atoms with Crippen molar-refractivity contribution in [3.05, 3.63) is 29.3 Å². The van der Waals surface area contributed by atoms with Crippen LogP contribution in [0.3, 0.4) is 0 Å². The molecule has 16 heavy (non-hydrogen) atoms. The molecular formula is C12H14N2O2. The summed E-state index contributed by atoms with van der Waals surface area (Å²) < 4.78 is 0. The Balaban J connectivity index is 2.35. The van der Waals surface area contributed by atoms with E-state index in [1.54, 1.807) is 0 Å². The molecule has 4 nitrogen and oxygen atoms in total. The van der Waals surface area contributed by atoms with Crippen LogP contribution >= 0.6 is 0 Å². The first-order valence-electron chi connectivity index (χ1n) is 5.26. The van der Waals surface area contributed by atoms with E-state index in [9.17, 15) is 9.59 Å². The third-order valence-electron chi connectivity index (χ3n) is 2.58. The van der Waals surface area contributed by atoms with Crippen molar-refractivity contribution in [1.29, 1.82) is 0 Å². The zero-order valence-corrected chi connectivity index (χ0v) is 9.41. The van der Waals surface area contributed by atoms with Gasteiger partial charge >= 0.3 is 11.8 Å². The fourth-order valence-corrected chi connectivity index (χ4v) is 1.93. The van der Waals surface area contributed by atoms with Crippen LogP contribution in [0.1, 0.15) is 11.1 Å². The summed E-state index contributed by atoms with van der Waals surface area (Å²) in [6, 6.07) is 5.88. The molecule has 2 amide bonds. The van der Waals surface area contributed by atoms with E-state index < -0.39 is 11.8 Å². The van der Waals surface area contributed by atoms with Crippen molar-refractivity contribution in [2.75, 3.05) is 18.0 Å². The molecule has 1 aliphatic rings. The molecule has 1 aliphatic heterocycles. The van der Waals surface area contributed by atoms with Crippen molar-refractivity contribution in [3.8, 4) is 0 Å². The topological polar surface area (TPSA) is 49.4 Å². The van der Waals surface area contributed by atoms with E-state index in [1.165, 1.54) is 4.90 Å². The molecule has 2 rings (SSSR count). The van der Waals surface area contributed by atoms with E-state index in [0.717, 1.165) is 16.8 Å². The summed E-state index contributed by atoms with van der Waals surface area (Å²) in [7, 11) is 0. The number of rotatable bonds is 1. The van der Waals surface area contributed by atoms with Gasteiger partial charge in [-0.25, -0.2) is 0 Å². The number of anilines is 1. The first kappa shape index (κ1) is 10.7. The summed E-state index contributed by atoms with van der Waals surface area (Å²) in [5, 5.41) is 2.53. The first-order valence-corrected chi connectivity index (χ1v) is 5.26. The van der Waals surface area contributed by atoms with E-state index >= 15 is 0 Å². The smallest absolute Gasteiger partial charge is 0.316 e. The lowest BCUT2D eigenvalue weighted by molar-refractivity contribution is -0.138. The maximum atomic E-state index is 11.7. The van der Waals surface area contributed by atoms with Gasteiger partial charge in [-0.2, -0.15) is 0 Å². The van der Waals surface area contributed by atoms with Crippen LogP contribution < -0.4 is 10.2 Å². The Morgan fingerprint density at radius 2 is 1.75 bits per heavy atom. The largest absolute Gasteiger partial charge is 0.346 e. The predicted octanol–water partition coefficient (Wildman–Crippen LogP) is 0.766. The van der Waals surface area contributed by atoms with E-state index in [2.05, 4.69) is 5.32 Å². The zero-order chi connectivity index (χ0) is 11.7. The van der Waals surface area contributed by atoms with Crippen molar-refractivity contribution in [2.45, 2.75) is 13.8 Å². The quantitative estimate of drug-likeness (QED) is 0.708. The van der Waals surface area contributed by atoms with Crippen LogP contribution in [0.4, 0.5) is 5.69 Å². The van der Waals surface area contributed by atoms with Gasteiger partial charge in [0.2, 0.25) is 0 Å². The van der Waals surface area contributed by atoms with Crippen molar-refractivity contribution in [2.24, 2.45) is 0 Å².